The van der Waals surface area contributed by atoms with Crippen LogP contribution in [0.15, 0.2) is 29.3 Å². The van der Waals surface area contributed by atoms with Crippen LogP contribution in [0.3, 0.4) is 0 Å². The molecule has 0 heterocycles. The summed E-state index contributed by atoms with van der Waals surface area (Å²) in [5.41, 5.74) is 11.4. The molecule has 0 bridgehead atoms. The van der Waals surface area contributed by atoms with Crippen molar-refractivity contribution in [2.24, 2.45) is 16.5 Å². The van der Waals surface area contributed by atoms with E-state index in [0.717, 1.165) is 12.8 Å². The van der Waals surface area contributed by atoms with Gasteiger partial charge in [-0.15, -0.1) is 22.5 Å². The van der Waals surface area contributed by atoms with E-state index in [2.05, 4.69) is 15.1 Å². The van der Waals surface area contributed by atoms with Gasteiger partial charge in [0.2, 0.25) is 0 Å². The summed E-state index contributed by atoms with van der Waals surface area (Å²) in [5, 5.41) is 12.0. The Morgan fingerprint density at radius 2 is 2.09 bits per heavy atom. The van der Waals surface area contributed by atoms with Gasteiger partial charge in [-0.05, 0) is 30.5 Å². The minimum absolute atomic E-state index is 0. The summed E-state index contributed by atoms with van der Waals surface area (Å²) in [6.07, 6.45) is 1.50. The van der Waals surface area contributed by atoms with Gasteiger partial charge in [-0.1, -0.05) is 12.1 Å². The third-order valence-corrected chi connectivity index (χ3v) is 2.69. The van der Waals surface area contributed by atoms with Gasteiger partial charge in [-0.2, -0.15) is 0 Å². The van der Waals surface area contributed by atoms with Crippen molar-refractivity contribution in [3.63, 3.8) is 0 Å². The van der Waals surface area contributed by atoms with E-state index in [1.807, 2.05) is 0 Å². The molecule has 1 aromatic carbocycles. The number of benzene rings is 1. The van der Waals surface area contributed by atoms with E-state index in [9.17, 15) is 14.9 Å². The molecule has 0 radical (unpaired) electrons. The number of guanidine groups is 1. The van der Waals surface area contributed by atoms with Gasteiger partial charge in [-0.25, -0.2) is 0 Å². The molecular weight excluding hydrogens is 326 g/mol. The van der Waals surface area contributed by atoms with E-state index >= 15 is 0 Å². The number of nitrogens with zero attached hydrogens (tertiary/aromatic N) is 2. The first-order chi connectivity index (χ1) is 10.5. The molecule has 0 aliphatic carbocycles. The van der Waals surface area contributed by atoms with Crippen LogP contribution in [-0.4, -0.2) is 30.0 Å². The lowest BCUT2D eigenvalue weighted by Gasteiger charge is -2.06. The number of carbonyl (C=O) groups excluding carboxylic acids is 1. The van der Waals surface area contributed by atoms with Crippen LogP contribution in [-0.2, 0) is 11.4 Å². The van der Waals surface area contributed by atoms with Crippen molar-refractivity contribution in [1.29, 1.82) is 0 Å². The fraction of sp³-hybridized carbons (Fsp3) is 0.385. The first kappa shape index (κ1) is 20.5. The van der Waals surface area contributed by atoms with E-state index < -0.39 is 5.09 Å². The first-order valence-electron chi connectivity index (χ1n) is 6.69. The molecule has 1 aromatic rings. The summed E-state index contributed by atoms with van der Waals surface area (Å²) < 4.78 is 0. The Bertz CT molecular complexity index is 549. The van der Waals surface area contributed by atoms with Crippen LogP contribution in [0.5, 0.6) is 0 Å². The maximum absolute atomic E-state index is 11.9. The molecule has 9 nitrogen and oxygen atoms in total. The van der Waals surface area contributed by atoms with Gasteiger partial charge in [0, 0.05) is 18.7 Å². The van der Waals surface area contributed by atoms with Gasteiger partial charge in [0.15, 0.2) is 5.96 Å². The summed E-state index contributed by atoms with van der Waals surface area (Å²) in [4.78, 5) is 30.2. The highest BCUT2D eigenvalue weighted by atomic mass is 35.5. The van der Waals surface area contributed by atoms with E-state index in [4.69, 9.17) is 11.5 Å². The van der Waals surface area contributed by atoms with Crippen LogP contribution in [0.2, 0.25) is 0 Å². The van der Waals surface area contributed by atoms with Crippen LogP contribution in [0.1, 0.15) is 28.8 Å². The number of nitrogens with one attached hydrogen (secondary N) is 1. The largest absolute Gasteiger partial charge is 0.370 e. The number of nitrogens with two attached hydrogens (primary N) is 2. The highest BCUT2D eigenvalue weighted by molar-refractivity contribution is 5.94. The number of hydrogen-bond acceptors (Lipinski definition) is 5. The zero-order chi connectivity index (χ0) is 16.4. The normalized spacial score (nSPS) is 9.39. The molecule has 0 unspecified atom stereocenters. The molecule has 0 aliphatic rings. The van der Waals surface area contributed by atoms with E-state index in [1.165, 1.54) is 0 Å². The molecule has 0 spiro atoms. The number of hydrogen-bond donors (Lipinski definition) is 3. The molecule has 10 heteroatoms. The van der Waals surface area contributed by atoms with E-state index in [0.29, 0.717) is 24.2 Å². The molecule has 23 heavy (non-hydrogen) atoms. The third kappa shape index (κ3) is 9.14. The summed E-state index contributed by atoms with van der Waals surface area (Å²) >= 11 is 0. The zero-order valence-corrected chi connectivity index (χ0v) is 13.3. The van der Waals surface area contributed by atoms with Crippen molar-refractivity contribution < 1.29 is 14.7 Å². The van der Waals surface area contributed by atoms with Gasteiger partial charge in [0.05, 0.1) is 0 Å². The number of amides is 1. The van der Waals surface area contributed by atoms with Gasteiger partial charge in [-0.3, -0.25) is 9.79 Å². The van der Waals surface area contributed by atoms with Crippen LogP contribution in [0.25, 0.3) is 0 Å². The fourth-order valence-corrected chi connectivity index (χ4v) is 1.68. The second-order valence-electron chi connectivity index (χ2n) is 4.47. The minimum atomic E-state index is -0.872. The lowest BCUT2D eigenvalue weighted by molar-refractivity contribution is -0.763. The Morgan fingerprint density at radius 3 is 2.74 bits per heavy atom. The predicted molar refractivity (Wildman–Crippen MR) is 87.7 cm³/mol. The van der Waals surface area contributed by atoms with Gasteiger partial charge >= 0.3 is 0 Å². The number of aliphatic imine (C=N–C) groups is 1. The molecule has 0 aromatic heterocycles. The molecule has 128 valence electrons. The SMILES string of the molecule is Cl.NC(N)=NCCCCNC(=O)c1cccc(CO[N+](=O)[O-])c1. The Balaban J connectivity index is 0.00000484. The monoisotopic (exact) mass is 345 g/mol. The molecule has 0 saturated carbocycles. The van der Waals surface area contributed by atoms with E-state index in [1.54, 1.807) is 24.3 Å². The Morgan fingerprint density at radius 1 is 1.35 bits per heavy atom. The van der Waals surface area contributed by atoms with Crippen molar-refractivity contribution in [1.82, 2.24) is 5.32 Å². The lowest BCUT2D eigenvalue weighted by Crippen LogP contribution is -2.25. The molecular formula is C13H20ClN5O4. The van der Waals surface area contributed by atoms with Crippen molar-refractivity contribution in [3.8, 4) is 0 Å². The lowest BCUT2D eigenvalue weighted by atomic mass is 10.1. The molecule has 1 amide bonds. The van der Waals surface area contributed by atoms with Crippen LogP contribution < -0.4 is 16.8 Å². The van der Waals surface area contributed by atoms with E-state index in [-0.39, 0.29) is 30.9 Å². The average Bonchev–Trinajstić information content (AvgIpc) is 2.48. The molecule has 0 atom stereocenters. The Labute approximate surface area is 139 Å². The second-order valence-corrected chi connectivity index (χ2v) is 4.47. The quantitative estimate of drug-likeness (QED) is 0.196. The summed E-state index contributed by atoms with van der Waals surface area (Å²) in [6, 6.07) is 6.48. The first-order valence-corrected chi connectivity index (χ1v) is 6.69. The van der Waals surface area contributed by atoms with Gasteiger partial charge in [0.25, 0.3) is 11.0 Å². The highest BCUT2D eigenvalue weighted by Crippen LogP contribution is 2.07. The van der Waals surface area contributed by atoms with Gasteiger partial charge < -0.3 is 21.6 Å². The van der Waals surface area contributed by atoms with Crippen LogP contribution in [0.4, 0.5) is 0 Å². The summed E-state index contributed by atoms with van der Waals surface area (Å²) in [5.74, 6) is -0.192. The standard InChI is InChI=1S/C13H19N5O4.ClH/c14-13(15)17-7-2-1-6-16-12(19)11-5-3-4-10(8-11)9-22-18(20)21;/h3-5,8H,1-2,6-7,9H2,(H,16,19)(H4,14,15,17);1H. The highest BCUT2D eigenvalue weighted by Gasteiger charge is 2.06. The van der Waals surface area contributed by atoms with Crippen molar-refractivity contribution in [2.75, 3.05) is 13.1 Å². The zero-order valence-electron chi connectivity index (χ0n) is 12.4. The Hall–Kier alpha value is -2.55. The fourth-order valence-electron chi connectivity index (χ4n) is 1.68. The maximum Gasteiger partial charge on any atom is 0.294 e. The molecule has 5 N–H and O–H groups in total. The maximum atomic E-state index is 11.9. The van der Waals surface area contributed by atoms with Crippen LogP contribution >= 0.6 is 12.4 Å². The number of rotatable bonds is 9. The molecule has 0 saturated heterocycles. The smallest absolute Gasteiger partial charge is 0.294 e. The third-order valence-electron chi connectivity index (χ3n) is 2.69. The summed E-state index contributed by atoms with van der Waals surface area (Å²) in [7, 11) is 0. The van der Waals surface area contributed by atoms with Crippen molar-refractivity contribution >= 4 is 24.3 Å². The predicted octanol–water partition coefficient (Wildman–Crippen LogP) is 0.600. The van der Waals surface area contributed by atoms with Crippen molar-refractivity contribution in [3.05, 3.63) is 45.5 Å². The average molecular weight is 346 g/mol. The van der Waals surface area contributed by atoms with Crippen molar-refractivity contribution in [2.45, 2.75) is 19.4 Å². The number of unbranched alkanes of at least 4 members (excludes halogenated alkanes) is 1. The second kappa shape index (κ2) is 11.1. The molecule has 0 fully saturated rings. The van der Waals surface area contributed by atoms with Gasteiger partial charge in [0.1, 0.15) is 6.61 Å². The summed E-state index contributed by atoms with van der Waals surface area (Å²) in [6.45, 7) is 0.826. The Kier molecular flexibility index (Phi) is 9.85. The minimum Gasteiger partial charge on any atom is -0.370 e. The topological polar surface area (TPSA) is 146 Å². The number of carbonyl (C=O) groups is 1. The van der Waals surface area contributed by atoms with Crippen LogP contribution in [0, 0.1) is 10.1 Å². The number of halogens is 1. The molecule has 0 aliphatic heterocycles. The molecule has 1 rings (SSSR count).